The van der Waals surface area contributed by atoms with E-state index in [0.29, 0.717) is 31.9 Å². The summed E-state index contributed by atoms with van der Waals surface area (Å²) in [6.07, 6.45) is 1.58. The van der Waals surface area contributed by atoms with Gasteiger partial charge in [0.15, 0.2) is 6.54 Å². The number of carbonyl (C=O) groups is 1. The Labute approximate surface area is 174 Å². The molecular weight excluding hydrogens is 417 g/mol. The molecule has 1 heterocycles. The van der Waals surface area contributed by atoms with E-state index in [2.05, 4.69) is 5.32 Å². The van der Waals surface area contributed by atoms with Crippen molar-refractivity contribution >= 4 is 39.3 Å². The predicted octanol–water partition coefficient (Wildman–Crippen LogP) is 1.62. The lowest BCUT2D eigenvalue weighted by atomic mass is 10.2. The molecule has 0 unspecified atom stereocenters. The van der Waals surface area contributed by atoms with Crippen LogP contribution in [0.15, 0.2) is 53.9 Å². The van der Waals surface area contributed by atoms with Gasteiger partial charge in [0.2, 0.25) is 10.0 Å². The summed E-state index contributed by atoms with van der Waals surface area (Å²) in [6, 6.07) is 13.2. The van der Waals surface area contributed by atoms with Crippen molar-refractivity contribution in [2.45, 2.75) is 0 Å². The van der Waals surface area contributed by atoms with Gasteiger partial charge in [0.25, 0.3) is 5.91 Å². The summed E-state index contributed by atoms with van der Waals surface area (Å²) in [5.74, 6) is -0.781. The molecule has 2 aromatic rings. The highest BCUT2D eigenvalue weighted by atomic mass is 35.5. The van der Waals surface area contributed by atoms with Crippen molar-refractivity contribution in [2.75, 3.05) is 38.0 Å². The average molecular weight is 439 g/mol. The van der Waals surface area contributed by atoms with Crippen LogP contribution in [0.4, 0.5) is 10.1 Å². The quantitative estimate of drug-likeness (QED) is 0.720. The molecule has 2 aromatic carbocycles. The average Bonchev–Trinajstić information content (AvgIpc) is 2.70. The number of carbonyl (C=O) groups excluding carboxylic acids is 1. The summed E-state index contributed by atoms with van der Waals surface area (Å²) in [6.45, 7) is 1.92. The van der Waals surface area contributed by atoms with Crippen molar-refractivity contribution < 1.29 is 22.5 Å². The SMILES string of the molecule is O=C(C[NH+]1CCN(S(=O)(=O)/C=C/c2ccccc2)CC1)Nc1ccc(F)c(Cl)c1. The molecular formula is C20H22ClFN3O3S+. The number of hydrogen-bond acceptors (Lipinski definition) is 3. The fourth-order valence-electron chi connectivity index (χ4n) is 3.05. The van der Waals surface area contributed by atoms with Gasteiger partial charge in [0, 0.05) is 11.1 Å². The Balaban J connectivity index is 1.50. The first-order valence-corrected chi connectivity index (χ1v) is 11.0. The number of amides is 1. The molecule has 154 valence electrons. The maximum absolute atomic E-state index is 13.2. The van der Waals surface area contributed by atoms with Crippen molar-refractivity contribution in [3.8, 4) is 0 Å². The lowest BCUT2D eigenvalue weighted by Gasteiger charge is -2.30. The number of nitrogens with one attached hydrogen (secondary N) is 2. The first kappa shape index (κ1) is 21.4. The van der Waals surface area contributed by atoms with Crippen molar-refractivity contribution in [1.29, 1.82) is 0 Å². The summed E-state index contributed by atoms with van der Waals surface area (Å²) in [5, 5.41) is 3.85. The lowest BCUT2D eigenvalue weighted by molar-refractivity contribution is -0.895. The largest absolute Gasteiger partial charge is 0.325 e. The fraction of sp³-hybridized carbons (Fsp3) is 0.250. The Bertz CT molecular complexity index is 991. The third-order valence-corrected chi connectivity index (χ3v) is 6.49. The standard InChI is InChI=1S/C20H21ClFN3O3S/c21-18-14-17(6-7-19(18)22)23-20(26)15-24-9-11-25(12-10-24)29(27,28)13-8-16-4-2-1-3-5-16/h1-8,13-14H,9-12,15H2,(H,23,26)/p+1/b13-8+. The maximum atomic E-state index is 13.2. The molecule has 29 heavy (non-hydrogen) atoms. The molecule has 1 saturated heterocycles. The first-order chi connectivity index (χ1) is 13.8. The number of benzene rings is 2. The predicted molar refractivity (Wildman–Crippen MR) is 112 cm³/mol. The highest BCUT2D eigenvalue weighted by Crippen LogP contribution is 2.19. The summed E-state index contributed by atoms with van der Waals surface area (Å²) in [5.41, 5.74) is 1.24. The Kier molecular flexibility index (Phi) is 7.02. The van der Waals surface area contributed by atoms with Crippen molar-refractivity contribution in [1.82, 2.24) is 4.31 Å². The van der Waals surface area contributed by atoms with E-state index in [1.807, 2.05) is 30.3 Å². The molecule has 1 aliphatic rings. The molecule has 6 nitrogen and oxygen atoms in total. The first-order valence-electron chi connectivity index (χ1n) is 9.15. The molecule has 0 spiro atoms. The van der Waals surface area contributed by atoms with E-state index in [9.17, 15) is 17.6 Å². The van der Waals surface area contributed by atoms with Crippen LogP contribution in [0, 0.1) is 5.82 Å². The van der Waals surface area contributed by atoms with E-state index in [1.165, 1.54) is 27.9 Å². The van der Waals surface area contributed by atoms with Gasteiger partial charge in [-0.05, 0) is 29.8 Å². The van der Waals surface area contributed by atoms with Crippen LogP contribution in [0.3, 0.4) is 0 Å². The number of hydrogen-bond donors (Lipinski definition) is 2. The molecule has 9 heteroatoms. The number of piperazine rings is 1. The minimum absolute atomic E-state index is 0.0578. The molecule has 0 radical (unpaired) electrons. The summed E-state index contributed by atoms with van der Waals surface area (Å²) in [4.78, 5) is 13.2. The van der Waals surface area contributed by atoms with E-state index in [0.717, 1.165) is 10.5 Å². The number of nitrogens with zero attached hydrogens (tertiary/aromatic N) is 1. The van der Waals surface area contributed by atoms with Crippen molar-refractivity contribution in [3.05, 3.63) is 70.3 Å². The summed E-state index contributed by atoms with van der Waals surface area (Å²) < 4.78 is 39.6. The number of sulfonamides is 1. The van der Waals surface area contributed by atoms with Crippen LogP contribution in [-0.4, -0.2) is 51.4 Å². The van der Waals surface area contributed by atoms with Gasteiger partial charge in [0.05, 0.1) is 31.2 Å². The van der Waals surface area contributed by atoms with Gasteiger partial charge < -0.3 is 10.2 Å². The van der Waals surface area contributed by atoms with Crippen LogP contribution in [0.1, 0.15) is 5.56 Å². The second-order valence-corrected chi connectivity index (χ2v) is 8.99. The number of rotatable bonds is 6. The van der Waals surface area contributed by atoms with Gasteiger partial charge in [-0.2, -0.15) is 4.31 Å². The van der Waals surface area contributed by atoms with E-state index < -0.39 is 15.8 Å². The van der Waals surface area contributed by atoms with Gasteiger partial charge >= 0.3 is 0 Å². The third kappa shape index (κ3) is 6.11. The van der Waals surface area contributed by atoms with Gasteiger partial charge in [-0.25, -0.2) is 12.8 Å². The van der Waals surface area contributed by atoms with E-state index >= 15 is 0 Å². The molecule has 0 bridgehead atoms. The van der Waals surface area contributed by atoms with E-state index in [1.54, 1.807) is 6.08 Å². The second kappa shape index (κ2) is 9.49. The Morgan fingerprint density at radius 2 is 1.86 bits per heavy atom. The molecule has 1 aliphatic heterocycles. The van der Waals surface area contributed by atoms with Crippen molar-refractivity contribution in [3.63, 3.8) is 0 Å². The summed E-state index contributed by atoms with van der Waals surface area (Å²) in [7, 11) is -3.50. The number of anilines is 1. The van der Waals surface area contributed by atoms with Gasteiger partial charge in [-0.15, -0.1) is 0 Å². The van der Waals surface area contributed by atoms with Gasteiger partial charge in [0.1, 0.15) is 5.82 Å². The maximum Gasteiger partial charge on any atom is 0.279 e. The van der Waals surface area contributed by atoms with Gasteiger partial charge in [-0.1, -0.05) is 41.9 Å². The van der Waals surface area contributed by atoms with Crippen LogP contribution in [0.2, 0.25) is 5.02 Å². The monoisotopic (exact) mass is 438 g/mol. The minimum atomic E-state index is -3.50. The van der Waals surface area contributed by atoms with Crippen LogP contribution in [0.5, 0.6) is 0 Å². The highest BCUT2D eigenvalue weighted by Gasteiger charge is 2.28. The molecule has 1 fully saturated rings. The third-order valence-electron chi connectivity index (χ3n) is 4.64. The van der Waals surface area contributed by atoms with E-state index in [4.69, 9.17) is 11.6 Å². The topological polar surface area (TPSA) is 70.9 Å². The molecule has 0 aromatic heterocycles. The van der Waals surface area contributed by atoms with Gasteiger partial charge in [-0.3, -0.25) is 4.79 Å². The normalized spacial score (nSPS) is 16.2. The van der Waals surface area contributed by atoms with E-state index in [-0.39, 0.29) is 17.5 Å². The summed E-state index contributed by atoms with van der Waals surface area (Å²) >= 11 is 5.71. The molecule has 0 aliphatic carbocycles. The Morgan fingerprint density at radius 1 is 1.17 bits per heavy atom. The van der Waals surface area contributed by atoms with Crippen LogP contribution < -0.4 is 10.2 Å². The zero-order valence-corrected chi connectivity index (χ0v) is 17.2. The fourth-order valence-corrected chi connectivity index (χ4v) is 4.43. The molecule has 0 saturated carbocycles. The zero-order valence-electron chi connectivity index (χ0n) is 15.6. The Hall–Kier alpha value is -2.26. The number of quaternary nitrogens is 1. The number of halogens is 2. The molecule has 0 atom stereocenters. The van der Waals surface area contributed by atoms with Crippen LogP contribution >= 0.6 is 11.6 Å². The Morgan fingerprint density at radius 3 is 2.52 bits per heavy atom. The van der Waals surface area contributed by atoms with Crippen LogP contribution in [-0.2, 0) is 14.8 Å². The van der Waals surface area contributed by atoms with Crippen LogP contribution in [0.25, 0.3) is 6.08 Å². The smallest absolute Gasteiger partial charge is 0.279 e. The zero-order chi connectivity index (χ0) is 20.9. The second-order valence-electron chi connectivity index (χ2n) is 6.76. The molecule has 3 rings (SSSR count). The molecule has 1 amide bonds. The van der Waals surface area contributed by atoms with Crippen molar-refractivity contribution in [2.24, 2.45) is 0 Å². The minimum Gasteiger partial charge on any atom is -0.325 e. The molecule has 2 N–H and O–H groups in total. The highest BCUT2D eigenvalue weighted by molar-refractivity contribution is 7.92. The lowest BCUT2D eigenvalue weighted by Crippen LogP contribution is -3.15.